The summed E-state index contributed by atoms with van der Waals surface area (Å²) in [7, 11) is 0. The first-order chi connectivity index (χ1) is 15.9. The van der Waals surface area contributed by atoms with Gasteiger partial charge in [-0.15, -0.1) is 0 Å². The first-order valence-corrected chi connectivity index (χ1v) is 11.2. The number of aliphatic carboxylic acids is 1. The lowest BCUT2D eigenvalue weighted by atomic mass is 10.00. The van der Waals surface area contributed by atoms with Gasteiger partial charge in [0.2, 0.25) is 5.43 Å². The van der Waals surface area contributed by atoms with Crippen LogP contribution < -0.4 is 24.9 Å². The molecule has 1 fully saturated rings. The predicted molar refractivity (Wildman–Crippen MR) is 118 cm³/mol. The summed E-state index contributed by atoms with van der Waals surface area (Å²) in [6, 6.07) is 7.66. The third-order valence-electron chi connectivity index (χ3n) is 6.52. The van der Waals surface area contributed by atoms with E-state index in [0.717, 1.165) is 17.7 Å². The lowest BCUT2D eigenvalue weighted by Gasteiger charge is -2.22. The molecule has 8 nitrogen and oxygen atoms in total. The largest absolute Gasteiger partial charge is 0.872 e. The van der Waals surface area contributed by atoms with Gasteiger partial charge < -0.3 is 29.0 Å². The summed E-state index contributed by atoms with van der Waals surface area (Å²) >= 11 is 0. The minimum atomic E-state index is -0.871. The van der Waals surface area contributed by atoms with Crippen LogP contribution in [0.4, 0.5) is 0 Å². The van der Waals surface area contributed by atoms with Gasteiger partial charge in [0.1, 0.15) is 17.9 Å². The summed E-state index contributed by atoms with van der Waals surface area (Å²) in [5.74, 6) is 0.484. The van der Waals surface area contributed by atoms with Crippen LogP contribution in [0.15, 0.2) is 39.5 Å². The molecule has 2 aliphatic heterocycles. The standard InChI is InChI=1S/C25H25NO7/c1-14-22(15-5-8-20-21(12-15)32-11-3-10-31-20)23(28)16-6-7-19(27)17(24(16)33-14)13-26-9-2-4-18(26)25(29)30/h5-8,12,18,27H,2-4,9-11,13H2,1H3,(H,29,30)/t18-/m0/s1. The predicted octanol–water partition coefficient (Wildman–Crippen LogP) is 1.64. The van der Waals surface area contributed by atoms with E-state index < -0.39 is 12.0 Å². The van der Waals surface area contributed by atoms with Crippen LogP contribution in [0.3, 0.4) is 0 Å². The van der Waals surface area contributed by atoms with Crippen LogP contribution in [0.5, 0.6) is 17.2 Å². The number of nitrogens with one attached hydrogen (secondary N) is 1. The van der Waals surface area contributed by atoms with E-state index in [4.69, 9.17) is 13.9 Å². The number of benzene rings is 2. The van der Waals surface area contributed by atoms with Gasteiger partial charge in [-0.05, 0) is 30.7 Å². The number of hydrogen-bond donors (Lipinski definition) is 2. The molecule has 172 valence electrons. The number of aryl methyl sites for hydroxylation is 1. The monoisotopic (exact) mass is 451 g/mol. The summed E-state index contributed by atoms with van der Waals surface area (Å²) < 4.78 is 17.5. The van der Waals surface area contributed by atoms with E-state index in [1.807, 2.05) is 0 Å². The number of hydrogen-bond acceptors (Lipinski definition) is 6. The van der Waals surface area contributed by atoms with E-state index in [9.17, 15) is 19.8 Å². The normalized spacial score (nSPS) is 20.0. The molecule has 3 heterocycles. The molecule has 5 rings (SSSR count). The van der Waals surface area contributed by atoms with E-state index in [0.29, 0.717) is 65.5 Å². The molecule has 3 aromatic rings. The smallest absolute Gasteiger partial charge is 0.362 e. The van der Waals surface area contributed by atoms with Crippen molar-refractivity contribution < 1.29 is 33.8 Å². The van der Waals surface area contributed by atoms with E-state index in [1.165, 1.54) is 12.1 Å². The van der Waals surface area contributed by atoms with Crippen molar-refractivity contribution in [2.75, 3.05) is 19.8 Å². The zero-order valence-electron chi connectivity index (χ0n) is 18.3. The van der Waals surface area contributed by atoms with Crippen LogP contribution >= 0.6 is 0 Å². The number of rotatable bonds is 4. The molecule has 0 aliphatic carbocycles. The number of carboxylic acids is 1. The van der Waals surface area contributed by atoms with Crippen LogP contribution in [-0.2, 0) is 11.3 Å². The Hall–Kier alpha value is -3.52. The molecule has 0 spiro atoms. The lowest BCUT2D eigenvalue weighted by Crippen LogP contribution is -3.13. The maximum absolute atomic E-state index is 13.5. The number of fused-ring (bicyclic) bond motifs is 2. The van der Waals surface area contributed by atoms with Crippen LogP contribution in [0.1, 0.15) is 30.6 Å². The van der Waals surface area contributed by atoms with Gasteiger partial charge in [0, 0.05) is 24.8 Å². The third-order valence-corrected chi connectivity index (χ3v) is 6.52. The van der Waals surface area contributed by atoms with Crippen molar-refractivity contribution in [3.63, 3.8) is 0 Å². The van der Waals surface area contributed by atoms with E-state index in [-0.39, 0.29) is 23.3 Å². The molecule has 1 aromatic heterocycles. The molecule has 8 heteroatoms. The van der Waals surface area contributed by atoms with Crippen LogP contribution in [-0.4, -0.2) is 36.9 Å². The molecule has 0 bridgehead atoms. The lowest BCUT2D eigenvalue weighted by molar-refractivity contribution is -0.917. The highest BCUT2D eigenvalue weighted by Crippen LogP contribution is 2.35. The Labute approximate surface area is 190 Å². The molecule has 0 saturated carbocycles. The zero-order valence-corrected chi connectivity index (χ0v) is 18.3. The highest BCUT2D eigenvalue weighted by atomic mass is 16.5. The maximum atomic E-state index is 13.5. The van der Waals surface area contributed by atoms with Crippen molar-refractivity contribution in [3.8, 4) is 28.4 Å². The average molecular weight is 451 g/mol. The Bertz CT molecular complexity index is 1300. The van der Waals surface area contributed by atoms with Gasteiger partial charge in [-0.25, -0.2) is 4.79 Å². The summed E-state index contributed by atoms with van der Waals surface area (Å²) in [4.78, 5) is 25.9. The quantitative estimate of drug-likeness (QED) is 0.620. The SMILES string of the molecule is Cc1oc2c(C[NH+]3CCC[C@H]3C(=O)O)c([O-])ccc2c(=O)c1-c1ccc2c(c1)OCCCO2. The number of likely N-dealkylation sites (tertiary alicyclic amines) is 1. The van der Waals surface area contributed by atoms with Gasteiger partial charge in [0.05, 0.1) is 30.7 Å². The van der Waals surface area contributed by atoms with Gasteiger partial charge >= 0.3 is 5.97 Å². The fourth-order valence-corrected chi connectivity index (χ4v) is 4.87. The van der Waals surface area contributed by atoms with Crippen molar-refractivity contribution in [2.24, 2.45) is 0 Å². The minimum Gasteiger partial charge on any atom is -0.872 e. The topological polar surface area (TPSA) is 113 Å². The second-order valence-corrected chi connectivity index (χ2v) is 8.61. The molecule has 2 aromatic carbocycles. The second kappa shape index (κ2) is 8.44. The van der Waals surface area contributed by atoms with Crippen molar-refractivity contribution in [2.45, 2.75) is 38.8 Å². The number of carboxylic acid groups (broad SMARTS) is 1. The molecular formula is C25H25NO7. The van der Waals surface area contributed by atoms with Gasteiger partial charge in [-0.1, -0.05) is 17.9 Å². The van der Waals surface area contributed by atoms with Gasteiger partial charge in [-0.3, -0.25) is 4.79 Å². The Kier molecular flexibility index (Phi) is 5.46. The first-order valence-electron chi connectivity index (χ1n) is 11.2. The molecule has 2 N–H and O–H groups in total. The summed E-state index contributed by atoms with van der Waals surface area (Å²) in [6.45, 7) is 3.67. The highest BCUT2D eigenvalue weighted by molar-refractivity contribution is 5.86. The maximum Gasteiger partial charge on any atom is 0.362 e. The summed E-state index contributed by atoms with van der Waals surface area (Å²) in [5.41, 5.74) is 1.40. The molecule has 1 unspecified atom stereocenters. The molecule has 33 heavy (non-hydrogen) atoms. The van der Waals surface area contributed by atoms with Crippen LogP contribution in [0.2, 0.25) is 0 Å². The van der Waals surface area contributed by atoms with Crippen molar-refractivity contribution in [1.29, 1.82) is 0 Å². The fraction of sp³-hybridized carbons (Fsp3) is 0.360. The van der Waals surface area contributed by atoms with Crippen LogP contribution in [0, 0.1) is 6.92 Å². The molecule has 0 radical (unpaired) electrons. The Balaban J connectivity index is 1.60. The number of quaternary nitrogens is 1. The van der Waals surface area contributed by atoms with E-state index >= 15 is 0 Å². The fourth-order valence-electron chi connectivity index (χ4n) is 4.87. The Morgan fingerprint density at radius 2 is 1.94 bits per heavy atom. The third kappa shape index (κ3) is 3.80. The van der Waals surface area contributed by atoms with E-state index in [2.05, 4.69) is 0 Å². The van der Waals surface area contributed by atoms with Gasteiger partial charge in [-0.2, -0.15) is 0 Å². The first kappa shape index (κ1) is 21.3. The number of carbonyl (C=O) groups is 1. The molecule has 1 saturated heterocycles. The van der Waals surface area contributed by atoms with Gasteiger partial charge in [0.25, 0.3) is 0 Å². The average Bonchev–Trinajstić information content (AvgIpc) is 3.13. The Morgan fingerprint density at radius 1 is 1.15 bits per heavy atom. The highest BCUT2D eigenvalue weighted by Gasteiger charge is 2.35. The Morgan fingerprint density at radius 3 is 2.73 bits per heavy atom. The van der Waals surface area contributed by atoms with Crippen molar-refractivity contribution in [3.05, 3.63) is 51.9 Å². The molecule has 0 amide bonds. The molecule has 2 atom stereocenters. The molecular weight excluding hydrogens is 426 g/mol. The second-order valence-electron chi connectivity index (χ2n) is 8.61. The summed E-state index contributed by atoms with van der Waals surface area (Å²) in [6.07, 6.45) is 2.13. The summed E-state index contributed by atoms with van der Waals surface area (Å²) in [5, 5.41) is 22.5. The number of ether oxygens (including phenoxy) is 2. The van der Waals surface area contributed by atoms with E-state index in [1.54, 1.807) is 25.1 Å². The minimum absolute atomic E-state index is 0.207. The molecule has 2 aliphatic rings. The van der Waals surface area contributed by atoms with Crippen molar-refractivity contribution >= 4 is 16.9 Å². The van der Waals surface area contributed by atoms with Gasteiger partial charge in [0.15, 0.2) is 17.5 Å². The van der Waals surface area contributed by atoms with Crippen LogP contribution in [0.25, 0.3) is 22.1 Å². The zero-order chi connectivity index (χ0) is 23.1. The van der Waals surface area contributed by atoms with Crippen molar-refractivity contribution in [1.82, 2.24) is 0 Å².